The summed E-state index contributed by atoms with van der Waals surface area (Å²) in [7, 11) is -3.60. The predicted octanol–water partition coefficient (Wildman–Crippen LogP) is 0.945. The molecule has 0 radical (unpaired) electrons. The van der Waals surface area contributed by atoms with Gasteiger partial charge in [-0.25, -0.2) is 13.2 Å². The molecule has 142 valence electrons. The molecule has 4 rings (SSSR count). The van der Waals surface area contributed by atoms with E-state index in [1.165, 1.54) is 16.4 Å². The highest BCUT2D eigenvalue weighted by Crippen LogP contribution is 2.21. The van der Waals surface area contributed by atoms with Gasteiger partial charge in [0.25, 0.3) is 0 Å². The van der Waals surface area contributed by atoms with Crippen LogP contribution in [0, 0.1) is 0 Å². The quantitative estimate of drug-likeness (QED) is 0.577. The first-order chi connectivity index (χ1) is 12.9. The van der Waals surface area contributed by atoms with E-state index in [0.717, 1.165) is 17.8 Å². The van der Waals surface area contributed by atoms with Gasteiger partial charge in [-0.15, -0.1) is 0 Å². The zero-order valence-electron chi connectivity index (χ0n) is 14.7. The highest BCUT2D eigenvalue weighted by atomic mass is 32.2. The zero-order valence-corrected chi connectivity index (χ0v) is 15.5. The van der Waals surface area contributed by atoms with Crippen LogP contribution in [-0.2, 0) is 16.6 Å². The lowest BCUT2D eigenvalue weighted by Crippen LogP contribution is -2.48. The van der Waals surface area contributed by atoms with Gasteiger partial charge in [-0.1, -0.05) is 12.1 Å². The van der Waals surface area contributed by atoms with Gasteiger partial charge in [0.2, 0.25) is 10.0 Å². The molecule has 1 aromatic heterocycles. The predicted molar refractivity (Wildman–Crippen MR) is 104 cm³/mol. The molecule has 0 atom stereocenters. The Bertz CT molecular complexity index is 1130. The van der Waals surface area contributed by atoms with E-state index in [-0.39, 0.29) is 10.6 Å². The summed E-state index contributed by atoms with van der Waals surface area (Å²) in [6, 6.07) is 12.4. The number of nitrogens with one attached hydrogen (secondary N) is 2. The second kappa shape index (κ2) is 6.84. The van der Waals surface area contributed by atoms with E-state index in [0.29, 0.717) is 37.2 Å². The number of anilines is 1. The molecule has 8 nitrogen and oxygen atoms in total. The van der Waals surface area contributed by atoms with Crippen molar-refractivity contribution in [3.05, 3.63) is 58.5 Å². The topological polar surface area (TPSA) is 115 Å². The molecular weight excluding hydrogens is 366 g/mol. The van der Waals surface area contributed by atoms with Crippen LogP contribution in [0.1, 0.15) is 5.56 Å². The summed E-state index contributed by atoms with van der Waals surface area (Å²) in [5.74, 6) is 0. The first-order valence-electron chi connectivity index (χ1n) is 8.71. The fourth-order valence-corrected chi connectivity index (χ4v) is 4.85. The molecule has 2 heterocycles. The van der Waals surface area contributed by atoms with Crippen LogP contribution in [-0.4, -0.2) is 53.8 Å². The zero-order chi connectivity index (χ0) is 19.0. The lowest BCUT2D eigenvalue weighted by molar-refractivity contribution is 0.181. The summed E-state index contributed by atoms with van der Waals surface area (Å²) in [5, 5.41) is 0. The summed E-state index contributed by atoms with van der Waals surface area (Å²) in [6.07, 6.45) is 0. The van der Waals surface area contributed by atoms with E-state index in [1.807, 2.05) is 24.3 Å². The SMILES string of the molecule is Nc1cccc(CN2CCN(S(=O)(=O)c3ccc4[nH]c(=O)[nH]c4c3)CC2)c1. The first kappa shape index (κ1) is 17.8. The highest BCUT2D eigenvalue weighted by Gasteiger charge is 2.28. The van der Waals surface area contributed by atoms with Crippen LogP contribution in [0.5, 0.6) is 0 Å². The minimum atomic E-state index is -3.60. The van der Waals surface area contributed by atoms with Crippen LogP contribution in [0.15, 0.2) is 52.2 Å². The van der Waals surface area contributed by atoms with Crippen molar-refractivity contribution < 1.29 is 8.42 Å². The van der Waals surface area contributed by atoms with Crippen LogP contribution in [0.3, 0.4) is 0 Å². The molecule has 4 N–H and O–H groups in total. The fourth-order valence-electron chi connectivity index (χ4n) is 3.40. The molecule has 2 aromatic carbocycles. The molecule has 1 aliphatic heterocycles. The van der Waals surface area contributed by atoms with E-state index >= 15 is 0 Å². The maximum atomic E-state index is 12.9. The normalized spacial score (nSPS) is 16.7. The Morgan fingerprint density at radius 1 is 0.963 bits per heavy atom. The van der Waals surface area contributed by atoms with Gasteiger partial charge in [-0.05, 0) is 35.9 Å². The molecule has 0 bridgehead atoms. The van der Waals surface area contributed by atoms with Crippen molar-refractivity contribution in [1.29, 1.82) is 0 Å². The first-order valence-corrected chi connectivity index (χ1v) is 10.1. The number of H-pyrrole nitrogens is 2. The Kier molecular flexibility index (Phi) is 4.50. The number of benzene rings is 2. The van der Waals surface area contributed by atoms with Gasteiger partial charge in [0, 0.05) is 38.4 Å². The minimum Gasteiger partial charge on any atom is -0.399 e. The summed E-state index contributed by atoms with van der Waals surface area (Å²) < 4.78 is 27.4. The summed E-state index contributed by atoms with van der Waals surface area (Å²) in [5.41, 5.74) is 8.39. The Morgan fingerprint density at radius 3 is 2.44 bits per heavy atom. The molecule has 9 heteroatoms. The van der Waals surface area contributed by atoms with Crippen LogP contribution in [0.4, 0.5) is 5.69 Å². The van der Waals surface area contributed by atoms with Crippen LogP contribution in [0.25, 0.3) is 11.0 Å². The number of nitrogens with zero attached hydrogens (tertiary/aromatic N) is 2. The molecule has 1 fully saturated rings. The van der Waals surface area contributed by atoms with E-state index < -0.39 is 10.0 Å². The molecule has 3 aromatic rings. The average Bonchev–Trinajstić information content (AvgIpc) is 3.01. The average molecular weight is 387 g/mol. The largest absolute Gasteiger partial charge is 0.399 e. The monoisotopic (exact) mass is 387 g/mol. The molecule has 0 aliphatic carbocycles. The number of sulfonamides is 1. The number of nitrogen functional groups attached to an aromatic ring is 1. The third-order valence-corrected chi connectivity index (χ3v) is 6.71. The minimum absolute atomic E-state index is 0.189. The van der Waals surface area contributed by atoms with Gasteiger partial charge in [0.1, 0.15) is 0 Å². The maximum absolute atomic E-state index is 12.9. The summed E-state index contributed by atoms with van der Waals surface area (Å²) >= 11 is 0. The number of fused-ring (bicyclic) bond motifs is 1. The van der Waals surface area contributed by atoms with Gasteiger partial charge in [0.15, 0.2) is 0 Å². The standard InChI is InChI=1S/C18H21N5O3S/c19-14-3-1-2-13(10-14)12-22-6-8-23(9-7-22)27(25,26)15-4-5-16-17(11-15)21-18(24)20-16/h1-5,10-11H,6-9,12,19H2,(H2,20,21,24). The molecule has 0 saturated carbocycles. The number of hydrogen-bond acceptors (Lipinski definition) is 5. The second-order valence-electron chi connectivity index (χ2n) is 6.71. The Labute approximate surface area is 156 Å². The number of nitrogens with two attached hydrogens (primary N) is 1. The van der Waals surface area contributed by atoms with Gasteiger partial charge in [0.05, 0.1) is 15.9 Å². The van der Waals surface area contributed by atoms with Crippen molar-refractivity contribution in [2.45, 2.75) is 11.4 Å². The lowest BCUT2D eigenvalue weighted by Gasteiger charge is -2.34. The number of rotatable bonds is 4. The fraction of sp³-hybridized carbons (Fsp3) is 0.278. The van der Waals surface area contributed by atoms with Crippen molar-refractivity contribution in [2.24, 2.45) is 0 Å². The van der Waals surface area contributed by atoms with Crippen molar-refractivity contribution >= 4 is 26.7 Å². The second-order valence-corrected chi connectivity index (χ2v) is 8.65. The molecule has 0 amide bonds. The number of hydrogen-bond donors (Lipinski definition) is 3. The lowest BCUT2D eigenvalue weighted by atomic mass is 10.2. The Morgan fingerprint density at radius 2 is 1.70 bits per heavy atom. The van der Waals surface area contributed by atoms with Crippen molar-refractivity contribution in [1.82, 2.24) is 19.2 Å². The van der Waals surface area contributed by atoms with E-state index in [4.69, 9.17) is 5.73 Å². The van der Waals surface area contributed by atoms with Gasteiger partial charge in [-0.2, -0.15) is 4.31 Å². The summed E-state index contributed by atoms with van der Waals surface area (Å²) in [4.78, 5) is 19.0. The third kappa shape index (κ3) is 3.61. The Balaban J connectivity index is 1.46. The molecular formula is C18H21N5O3S. The van der Waals surface area contributed by atoms with Gasteiger partial charge >= 0.3 is 5.69 Å². The van der Waals surface area contributed by atoms with E-state index in [2.05, 4.69) is 14.9 Å². The van der Waals surface area contributed by atoms with E-state index in [1.54, 1.807) is 6.07 Å². The number of imidazole rings is 1. The number of aromatic nitrogens is 2. The van der Waals surface area contributed by atoms with Gasteiger partial charge in [-0.3, -0.25) is 4.90 Å². The number of aromatic amines is 2. The van der Waals surface area contributed by atoms with Crippen LogP contribution in [0.2, 0.25) is 0 Å². The molecule has 1 saturated heterocycles. The molecule has 1 aliphatic rings. The van der Waals surface area contributed by atoms with Crippen molar-refractivity contribution in [3.8, 4) is 0 Å². The third-order valence-electron chi connectivity index (χ3n) is 4.81. The molecule has 0 spiro atoms. The van der Waals surface area contributed by atoms with Crippen LogP contribution >= 0.6 is 0 Å². The Hall–Kier alpha value is -2.62. The maximum Gasteiger partial charge on any atom is 0.323 e. The van der Waals surface area contributed by atoms with Crippen LogP contribution < -0.4 is 11.4 Å². The highest BCUT2D eigenvalue weighted by molar-refractivity contribution is 7.89. The smallest absolute Gasteiger partial charge is 0.323 e. The van der Waals surface area contributed by atoms with E-state index in [9.17, 15) is 13.2 Å². The van der Waals surface area contributed by atoms with Crippen molar-refractivity contribution in [3.63, 3.8) is 0 Å². The number of piperazine rings is 1. The van der Waals surface area contributed by atoms with Crippen molar-refractivity contribution in [2.75, 3.05) is 31.9 Å². The summed E-state index contributed by atoms with van der Waals surface area (Å²) in [6.45, 7) is 2.89. The van der Waals surface area contributed by atoms with Gasteiger partial charge < -0.3 is 15.7 Å². The molecule has 0 unspecified atom stereocenters. The molecule has 27 heavy (non-hydrogen) atoms.